The Labute approximate surface area is 108 Å². The minimum atomic E-state index is 0.646. The van der Waals surface area contributed by atoms with E-state index < -0.39 is 0 Å². The Morgan fingerprint density at radius 1 is 0.941 bits per heavy atom. The number of rotatable bonds is 7. The molecular weight excluding hydrogens is 236 g/mol. The molecule has 0 fully saturated rings. The summed E-state index contributed by atoms with van der Waals surface area (Å²) in [7, 11) is 4.88. The van der Waals surface area contributed by atoms with Gasteiger partial charge in [-0.25, -0.2) is 0 Å². The van der Waals surface area contributed by atoms with Gasteiger partial charge in [-0.1, -0.05) is 0 Å². The van der Waals surface area contributed by atoms with Crippen molar-refractivity contribution in [3.8, 4) is 17.2 Å². The first-order valence-electron chi connectivity index (χ1n) is 5.66. The van der Waals surface area contributed by atoms with Gasteiger partial charge < -0.3 is 14.2 Å². The minimum Gasteiger partial charge on any atom is -0.493 e. The summed E-state index contributed by atoms with van der Waals surface area (Å²) in [5, 5.41) is 0. The third kappa shape index (κ3) is 3.73. The SMILES string of the molecule is COc1cc(CCCCS)cc(OC)c1OC. The number of unbranched alkanes of at least 4 members (excludes halogenated alkanes) is 1. The second-order valence-electron chi connectivity index (χ2n) is 3.71. The molecule has 0 aliphatic carbocycles. The average Bonchev–Trinajstić information content (AvgIpc) is 2.37. The topological polar surface area (TPSA) is 27.7 Å². The van der Waals surface area contributed by atoms with E-state index in [-0.39, 0.29) is 0 Å². The van der Waals surface area contributed by atoms with E-state index >= 15 is 0 Å². The summed E-state index contributed by atoms with van der Waals surface area (Å²) in [6, 6.07) is 4.00. The minimum absolute atomic E-state index is 0.646. The molecule has 0 saturated carbocycles. The Bertz CT molecular complexity index is 328. The molecule has 0 aliphatic heterocycles. The van der Waals surface area contributed by atoms with E-state index in [9.17, 15) is 0 Å². The Kier molecular flexibility index (Phi) is 6.05. The molecule has 0 bridgehead atoms. The Morgan fingerprint density at radius 2 is 1.53 bits per heavy atom. The average molecular weight is 256 g/mol. The van der Waals surface area contributed by atoms with E-state index in [0.717, 1.165) is 25.0 Å². The lowest BCUT2D eigenvalue weighted by molar-refractivity contribution is 0.323. The summed E-state index contributed by atoms with van der Waals surface area (Å²) in [4.78, 5) is 0. The van der Waals surface area contributed by atoms with Crippen LogP contribution in [0.3, 0.4) is 0 Å². The van der Waals surface area contributed by atoms with Gasteiger partial charge in [-0.05, 0) is 42.7 Å². The van der Waals surface area contributed by atoms with Gasteiger partial charge in [-0.2, -0.15) is 12.6 Å². The number of methoxy groups -OCH3 is 3. The van der Waals surface area contributed by atoms with E-state index in [2.05, 4.69) is 12.6 Å². The molecule has 0 aromatic heterocycles. The standard InChI is InChI=1S/C13H20O3S/c1-14-11-8-10(6-4-5-7-17)9-12(15-2)13(11)16-3/h8-9,17H,4-7H2,1-3H3. The zero-order valence-corrected chi connectivity index (χ0v) is 11.5. The number of ether oxygens (including phenoxy) is 3. The van der Waals surface area contributed by atoms with Crippen LogP contribution in [0.2, 0.25) is 0 Å². The number of benzene rings is 1. The number of hydrogen-bond donors (Lipinski definition) is 1. The zero-order valence-electron chi connectivity index (χ0n) is 10.7. The molecule has 17 heavy (non-hydrogen) atoms. The van der Waals surface area contributed by atoms with E-state index in [1.165, 1.54) is 5.56 Å². The van der Waals surface area contributed by atoms with Crippen LogP contribution in [-0.2, 0) is 6.42 Å². The molecule has 0 heterocycles. The Balaban J connectivity index is 2.92. The second kappa shape index (κ2) is 7.33. The molecule has 1 rings (SSSR count). The zero-order chi connectivity index (χ0) is 12.7. The maximum atomic E-state index is 5.31. The molecule has 0 unspecified atom stereocenters. The van der Waals surface area contributed by atoms with Gasteiger partial charge >= 0.3 is 0 Å². The van der Waals surface area contributed by atoms with E-state index in [4.69, 9.17) is 14.2 Å². The van der Waals surface area contributed by atoms with Crippen LogP contribution >= 0.6 is 12.6 Å². The lowest BCUT2D eigenvalue weighted by atomic mass is 10.1. The van der Waals surface area contributed by atoms with Gasteiger partial charge in [0.1, 0.15) is 0 Å². The van der Waals surface area contributed by atoms with Gasteiger partial charge in [0.25, 0.3) is 0 Å². The first kappa shape index (κ1) is 14.0. The number of aryl methyl sites for hydroxylation is 1. The predicted molar refractivity (Wildman–Crippen MR) is 72.9 cm³/mol. The molecule has 1 aromatic carbocycles. The molecule has 0 atom stereocenters. The van der Waals surface area contributed by atoms with Crippen molar-refractivity contribution >= 4 is 12.6 Å². The Hall–Kier alpha value is -1.03. The highest BCUT2D eigenvalue weighted by molar-refractivity contribution is 7.80. The molecule has 0 radical (unpaired) electrons. The van der Waals surface area contributed by atoms with Gasteiger partial charge in [-0.15, -0.1) is 0 Å². The van der Waals surface area contributed by atoms with E-state index in [0.29, 0.717) is 17.2 Å². The fourth-order valence-electron chi connectivity index (χ4n) is 1.72. The molecule has 0 aliphatic rings. The largest absolute Gasteiger partial charge is 0.493 e. The summed E-state index contributed by atoms with van der Waals surface area (Å²) in [5.74, 6) is 3.00. The summed E-state index contributed by atoms with van der Waals surface area (Å²) in [5.41, 5.74) is 1.20. The quantitative estimate of drug-likeness (QED) is 0.600. The van der Waals surface area contributed by atoms with Crippen molar-refractivity contribution in [2.45, 2.75) is 19.3 Å². The summed E-state index contributed by atoms with van der Waals surface area (Å²) in [6.07, 6.45) is 3.22. The fourth-order valence-corrected chi connectivity index (χ4v) is 1.94. The first-order chi connectivity index (χ1) is 8.26. The van der Waals surface area contributed by atoms with Crippen molar-refractivity contribution in [2.24, 2.45) is 0 Å². The van der Waals surface area contributed by atoms with Crippen molar-refractivity contribution in [3.63, 3.8) is 0 Å². The number of hydrogen-bond acceptors (Lipinski definition) is 4. The van der Waals surface area contributed by atoms with Crippen LogP contribution in [0.25, 0.3) is 0 Å². The van der Waals surface area contributed by atoms with E-state index in [1.807, 2.05) is 12.1 Å². The number of thiol groups is 1. The summed E-state index contributed by atoms with van der Waals surface area (Å²) < 4.78 is 15.9. The highest BCUT2D eigenvalue weighted by Gasteiger charge is 2.12. The lowest BCUT2D eigenvalue weighted by Crippen LogP contribution is -1.97. The molecule has 3 nitrogen and oxygen atoms in total. The van der Waals surface area contributed by atoms with Crippen LogP contribution in [0, 0.1) is 0 Å². The lowest BCUT2D eigenvalue weighted by Gasteiger charge is -2.14. The van der Waals surface area contributed by atoms with Gasteiger partial charge in [0, 0.05) is 0 Å². The van der Waals surface area contributed by atoms with Crippen LogP contribution in [0.5, 0.6) is 17.2 Å². The van der Waals surface area contributed by atoms with Crippen LogP contribution < -0.4 is 14.2 Å². The monoisotopic (exact) mass is 256 g/mol. The molecular formula is C13H20O3S. The van der Waals surface area contributed by atoms with E-state index in [1.54, 1.807) is 21.3 Å². The van der Waals surface area contributed by atoms with Gasteiger partial charge in [0.15, 0.2) is 11.5 Å². The molecule has 0 saturated heterocycles. The molecule has 1 aromatic rings. The molecule has 0 N–H and O–H groups in total. The third-order valence-corrected chi connectivity index (χ3v) is 2.91. The smallest absolute Gasteiger partial charge is 0.203 e. The predicted octanol–water partition coefficient (Wildman–Crippen LogP) is 2.96. The summed E-state index contributed by atoms with van der Waals surface area (Å²) in [6.45, 7) is 0. The van der Waals surface area contributed by atoms with Gasteiger partial charge in [0.05, 0.1) is 21.3 Å². The maximum Gasteiger partial charge on any atom is 0.203 e. The second-order valence-corrected chi connectivity index (χ2v) is 4.16. The fraction of sp³-hybridized carbons (Fsp3) is 0.538. The van der Waals surface area contributed by atoms with Crippen molar-refractivity contribution in [2.75, 3.05) is 27.1 Å². The van der Waals surface area contributed by atoms with Crippen LogP contribution in [0.1, 0.15) is 18.4 Å². The van der Waals surface area contributed by atoms with Crippen LogP contribution in [0.15, 0.2) is 12.1 Å². The van der Waals surface area contributed by atoms with Crippen molar-refractivity contribution < 1.29 is 14.2 Å². The molecule has 96 valence electrons. The normalized spacial score (nSPS) is 10.1. The highest BCUT2D eigenvalue weighted by Crippen LogP contribution is 2.38. The van der Waals surface area contributed by atoms with Gasteiger partial charge in [0.2, 0.25) is 5.75 Å². The van der Waals surface area contributed by atoms with Gasteiger partial charge in [-0.3, -0.25) is 0 Å². The first-order valence-corrected chi connectivity index (χ1v) is 6.29. The maximum absolute atomic E-state index is 5.31. The molecule has 0 spiro atoms. The third-order valence-electron chi connectivity index (χ3n) is 2.60. The van der Waals surface area contributed by atoms with Crippen LogP contribution in [0.4, 0.5) is 0 Å². The van der Waals surface area contributed by atoms with Crippen molar-refractivity contribution in [3.05, 3.63) is 17.7 Å². The van der Waals surface area contributed by atoms with Crippen molar-refractivity contribution in [1.82, 2.24) is 0 Å². The van der Waals surface area contributed by atoms with Crippen molar-refractivity contribution in [1.29, 1.82) is 0 Å². The van der Waals surface area contributed by atoms with Crippen LogP contribution in [-0.4, -0.2) is 27.1 Å². The molecule has 0 amide bonds. The summed E-state index contributed by atoms with van der Waals surface area (Å²) >= 11 is 4.21. The molecule has 4 heteroatoms. The Morgan fingerprint density at radius 3 is 1.94 bits per heavy atom. The highest BCUT2D eigenvalue weighted by atomic mass is 32.1.